The molecule has 4 nitrogen and oxygen atoms in total. The van der Waals surface area contributed by atoms with Crippen molar-refractivity contribution in [3.8, 4) is 0 Å². The summed E-state index contributed by atoms with van der Waals surface area (Å²) in [6.07, 6.45) is 5.86. The maximum atomic E-state index is 12.2. The molecule has 4 fully saturated rings. The van der Waals surface area contributed by atoms with Gasteiger partial charge in [0.05, 0.1) is 12.5 Å². The molecule has 19 heavy (non-hydrogen) atoms. The summed E-state index contributed by atoms with van der Waals surface area (Å²) in [5, 5.41) is 9.95. The van der Waals surface area contributed by atoms with Gasteiger partial charge in [0.1, 0.15) is 0 Å². The Labute approximate surface area is 114 Å². The molecule has 4 saturated heterocycles. The predicted molar refractivity (Wildman–Crippen MR) is 71.6 cm³/mol. The highest BCUT2D eigenvalue weighted by atomic mass is 16.3. The second-order valence-electron chi connectivity index (χ2n) is 6.94. The zero-order valence-electron chi connectivity index (χ0n) is 11.5. The third-order valence-electron chi connectivity index (χ3n) is 5.92. The summed E-state index contributed by atoms with van der Waals surface area (Å²) in [6, 6.07) is 1.01. The van der Waals surface area contributed by atoms with Gasteiger partial charge in [0.15, 0.2) is 0 Å². The number of aliphatic hydroxyl groups excluding tert-OH is 1. The third kappa shape index (κ3) is 1.83. The second kappa shape index (κ2) is 4.45. The number of nitrogens with zero attached hydrogens (tertiary/aromatic N) is 2. The molecule has 0 aromatic carbocycles. The van der Waals surface area contributed by atoms with Crippen LogP contribution in [0.5, 0.6) is 0 Å². The molecular formula is C15H24N2O2. The van der Waals surface area contributed by atoms with Crippen molar-refractivity contribution in [2.24, 2.45) is 11.8 Å². The van der Waals surface area contributed by atoms with Gasteiger partial charge in [-0.25, -0.2) is 0 Å². The Hall–Kier alpha value is -0.610. The maximum Gasteiger partial charge on any atom is 0.225 e. The lowest BCUT2D eigenvalue weighted by Gasteiger charge is -2.58. The smallest absolute Gasteiger partial charge is 0.225 e. The minimum Gasteiger partial charge on any atom is -0.393 e. The van der Waals surface area contributed by atoms with E-state index >= 15 is 0 Å². The molecule has 0 radical (unpaired) electrons. The number of carbonyl (C=O) groups excluding carboxylic acids is 1. The van der Waals surface area contributed by atoms with Crippen molar-refractivity contribution in [3.05, 3.63) is 0 Å². The number of piperidine rings is 4. The van der Waals surface area contributed by atoms with Crippen LogP contribution in [0.25, 0.3) is 0 Å². The van der Waals surface area contributed by atoms with E-state index in [0.717, 1.165) is 13.0 Å². The summed E-state index contributed by atoms with van der Waals surface area (Å²) in [5.41, 5.74) is 0. The van der Waals surface area contributed by atoms with Crippen LogP contribution in [0.15, 0.2) is 0 Å². The zero-order chi connectivity index (χ0) is 13.0. The highest BCUT2D eigenvalue weighted by Gasteiger charge is 2.51. The summed E-state index contributed by atoms with van der Waals surface area (Å²) in [4.78, 5) is 17.0. The number of fused-ring (bicyclic) bond motifs is 2. The molecule has 0 aromatic heterocycles. The standard InChI is InChI=1S/C15H24N2O2/c18-11-7-13-12-4-2-6-16-5-1-3-10(15(12)16)9-17(13)14(19)8-11/h10-13,15,18H,1-9H2/t10-,11-,12-,13+,15+/m1/s1. The normalized spacial score (nSPS) is 46.7. The van der Waals surface area contributed by atoms with Crippen LogP contribution in [0.1, 0.15) is 38.5 Å². The molecule has 4 heteroatoms. The fourth-order valence-electron chi connectivity index (χ4n) is 5.26. The average molecular weight is 264 g/mol. The lowest BCUT2D eigenvalue weighted by molar-refractivity contribution is -0.157. The summed E-state index contributed by atoms with van der Waals surface area (Å²) in [6.45, 7) is 3.45. The SMILES string of the molecule is O=C1C[C@H](O)C[C@H]2[C@H]3CCCN4CCC[C@H](CN12)[C@@H]34. The Morgan fingerprint density at radius 2 is 1.95 bits per heavy atom. The van der Waals surface area contributed by atoms with Gasteiger partial charge in [-0.2, -0.15) is 0 Å². The average Bonchev–Trinajstić information content (AvgIpc) is 2.41. The first-order valence-corrected chi connectivity index (χ1v) is 7.95. The van der Waals surface area contributed by atoms with E-state index in [-0.39, 0.29) is 5.91 Å². The van der Waals surface area contributed by atoms with Gasteiger partial charge in [-0.05, 0) is 57.0 Å². The van der Waals surface area contributed by atoms with Crippen molar-refractivity contribution < 1.29 is 9.90 Å². The van der Waals surface area contributed by atoms with Crippen molar-refractivity contribution in [1.82, 2.24) is 9.80 Å². The first kappa shape index (κ1) is 12.2. The maximum absolute atomic E-state index is 12.2. The number of amides is 1. The number of aliphatic hydroxyl groups is 1. The molecule has 0 aromatic rings. The zero-order valence-corrected chi connectivity index (χ0v) is 11.5. The van der Waals surface area contributed by atoms with Gasteiger partial charge < -0.3 is 10.0 Å². The summed E-state index contributed by atoms with van der Waals surface area (Å²) in [7, 11) is 0. The fourth-order valence-corrected chi connectivity index (χ4v) is 5.26. The van der Waals surface area contributed by atoms with E-state index < -0.39 is 6.10 Å². The first-order chi connectivity index (χ1) is 9.24. The number of hydrogen-bond acceptors (Lipinski definition) is 3. The van der Waals surface area contributed by atoms with Gasteiger partial charge in [-0.3, -0.25) is 9.69 Å². The Bertz CT molecular complexity index is 384. The molecule has 4 heterocycles. The van der Waals surface area contributed by atoms with Crippen molar-refractivity contribution in [3.63, 3.8) is 0 Å². The lowest BCUT2D eigenvalue weighted by atomic mass is 9.68. The van der Waals surface area contributed by atoms with E-state index in [2.05, 4.69) is 9.80 Å². The molecule has 0 unspecified atom stereocenters. The lowest BCUT2D eigenvalue weighted by Crippen LogP contribution is -2.67. The van der Waals surface area contributed by atoms with E-state index in [9.17, 15) is 9.90 Å². The van der Waals surface area contributed by atoms with Crippen molar-refractivity contribution in [2.75, 3.05) is 19.6 Å². The van der Waals surface area contributed by atoms with Crippen LogP contribution in [0.3, 0.4) is 0 Å². The van der Waals surface area contributed by atoms with E-state index in [1.165, 1.54) is 38.8 Å². The molecular weight excluding hydrogens is 240 g/mol. The fraction of sp³-hybridized carbons (Fsp3) is 0.933. The summed E-state index contributed by atoms with van der Waals surface area (Å²) < 4.78 is 0. The highest BCUT2D eigenvalue weighted by Crippen LogP contribution is 2.44. The Morgan fingerprint density at radius 3 is 2.79 bits per heavy atom. The van der Waals surface area contributed by atoms with Crippen LogP contribution in [0.2, 0.25) is 0 Å². The summed E-state index contributed by atoms with van der Waals surface area (Å²) in [5.74, 6) is 1.51. The highest BCUT2D eigenvalue weighted by molar-refractivity contribution is 5.78. The summed E-state index contributed by atoms with van der Waals surface area (Å²) >= 11 is 0. The van der Waals surface area contributed by atoms with Crippen LogP contribution < -0.4 is 0 Å². The molecule has 0 bridgehead atoms. The molecule has 5 atom stereocenters. The van der Waals surface area contributed by atoms with Crippen LogP contribution in [0, 0.1) is 11.8 Å². The van der Waals surface area contributed by atoms with Gasteiger partial charge in [0.25, 0.3) is 0 Å². The quantitative estimate of drug-likeness (QED) is 0.705. The monoisotopic (exact) mass is 264 g/mol. The number of hydrogen-bond donors (Lipinski definition) is 1. The van der Waals surface area contributed by atoms with Crippen LogP contribution in [-0.2, 0) is 4.79 Å². The van der Waals surface area contributed by atoms with Crippen LogP contribution >= 0.6 is 0 Å². The molecule has 4 rings (SSSR count). The van der Waals surface area contributed by atoms with E-state index in [4.69, 9.17) is 0 Å². The van der Waals surface area contributed by atoms with Gasteiger partial charge in [0, 0.05) is 18.6 Å². The number of rotatable bonds is 0. The molecule has 4 aliphatic rings. The van der Waals surface area contributed by atoms with E-state index in [0.29, 0.717) is 30.3 Å². The Morgan fingerprint density at radius 1 is 1.16 bits per heavy atom. The molecule has 1 amide bonds. The number of carbonyl (C=O) groups is 1. The van der Waals surface area contributed by atoms with Crippen LogP contribution in [0.4, 0.5) is 0 Å². The van der Waals surface area contributed by atoms with Gasteiger partial charge in [-0.15, -0.1) is 0 Å². The van der Waals surface area contributed by atoms with Crippen molar-refractivity contribution in [1.29, 1.82) is 0 Å². The molecule has 0 saturated carbocycles. The molecule has 1 N–H and O–H groups in total. The van der Waals surface area contributed by atoms with Gasteiger partial charge in [0.2, 0.25) is 5.91 Å². The topological polar surface area (TPSA) is 43.8 Å². The third-order valence-corrected chi connectivity index (χ3v) is 5.92. The minimum atomic E-state index is -0.399. The van der Waals surface area contributed by atoms with E-state index in [1.54, 1.807) is 0 Å². The molecule has 4 aliphatic heterocycles. The van der Waals surface area contributed by atoms with Crippen molar-refractivity contribution >= 4 is 5.91 Å². The van der Waals surface area contributed by atoms with E-state index in [1.807, 2.05) is 0 Å². The van der Waals surface area contributed by atoms with Crippen LogP contribution in [-0.4, -0.2) is 58.6 Å². The molecule has 0 spiro atoms. The first-order valence-electron chi connectivity index (χ1n) is 7.95. The molecule has 0 aliphatic carbocycles. The Kier molecular flexibility index (Phi) is 2.85. The van der Waals surface area contributed by atoms with Crippen molar-refractivity contribution in [2.45, 2.75) is 56.7 Å². The van der Waals surface area contributed by atoms with Gasteiger partial charge in [-0.1, -0.05) is 0 Å². The molecule has 106 valence electrons. The minimum absolute atomic E-state index is 0.199. The van der Waals surface area contributed by atoms with Gasteiger partial charge >= 0.3 is 0 Å². The Balaban J connectivity index is 1.65. The second-order valence-corrected chi connectivity index (χ2v) is 6.94. The predicted octanol–water partition coefficient (Wildman–Crippen LogP) is 0.842. The largest absolute Gasteiger partial charge is 0.393 e.